The first kappa shape index (κ1) is 22.2. The second-order valence-electron chi connectivity index (χ2n) is 8.13. The molecule has 0 bridgehead atoms. The Hall–Kier alpha value is -2.10. The fourth-order valence-corrected chi connectivity index (χ4v) is 3.02. The molecule has 1 unspecified atom stereocenters. The van der Waals surface area contributed by atoms with Crippen LogP contribution in [0.5, 0.6) is 0 Å². The lowest BCUT2D eigenvalue weighted by Crippen LogP contribution is -2.58. The molecule has 1 aliphatic rings. The van der Waals surface area contributed by atoms with Crippen molar-refractivity contribution >= 4 is 12.0 Å². The van der Waals surface area contributed by atoms with E-state index in [2.05, 4.69) is 9.97 Å². The molecule has 1 aromatic heterocycles. The molecule has 1 amide bonds. The van der Waals surface area contributed by atoms with E-state index in [0.717, 1.165) is 6.20 Å². The van der Waals surface area contributed by atoms with E-state index in [-0.39, 0.29) is 36.6 Å². The number of nitrogens with zero attached hydrogens (tertiary/aromatic N) is 4. The molecule has 1 saturated heterocycles. The lowest BCUT2D eigenvalue weighted by atomic mass is 10.00. The van der Waals surface area contributed by atoms with Gasteiger partial charge in [-0.15, -0.1) is 0 Å². The zero-order valence-corrected chi connectivity index (χ0v) is 16.7. The van der Waals surface area contributed by atoms with Crippen LogP contribution in [-0.2, 0) is 17.5 Å². The van der Waals surface area contributed by atoms with Crippen molar-refractivity contribution in [2.45, 2.75) is 59.0 Å². The molecule has 28 heavy (non-hydrogen) atoms. The molecule has 1 aliphatic heterocycles. The van der Waals surface area contributed by atoms with Gasteiger partial charge in [0.1, 0.15) is 5.60 Å². The summed E-state index contributed by atoms with van der Waals surface area (Å²) in [4.78, 5) is 23.3. The summed E-state index contributed by atoms with van der Waals surface area (Å²) in [6.07, 6.45) is -4.14. The highest BCUT2D eigenvalue weighted by atomic mass is 19.4. The molecule has 10 heteroatoms. The Morgan fingerprint density at radius 1 is 1.32 bits per heavy atom. The van der Waals surface area contributed by atoms with Gasteiger partial charge in [0, 0.05) is 31.4 Å². The fourth-order valence-electron chi connectivity index (χ4n) is 3.02. The lowest BCUT2D eigenvalue weighted by molar-refractivity contribution is -0.142. The minimum absolute atomic E-state index is 0.0284. The first-order valence-corrected chi connectivity index (χ1v) is 9.12. The lowest BCUT2D eigenvalue weighted by Gasteiger charge is -2.43. The zero-order chi connectivity index (χ0) is 21.3. The first-order valence-electron chi connectivity index (χ1n) is 9.12. The van der Waals surface area contributed by atoms with Crippen LogP contribution in [0, 0.1) is 5.92 Å². The van der Waals surface area contributed by atoms with Crippen LogP contribution in [0.4, 0.5) is 23.9 Å². The van der Waals surface area contributed by atoms with E-state index in [1.807, 2.05) is 13.8 Å². The quantitative estimate of drug-likeness (QED) is 0.834. The molecule has 7 nitrogen and oxygen atoms in total. The molecule has 0 aromatic carbocycles. The SMILES string of the molecule is CC(C)C1CN(C(=O)OC(C)(C)C)CCN1c1ncc(CO)c(C(F)(F)F)n1. The van der Waals surface area contributed by atoms with E-state index in [9.17, 15) is 18.0 Å². The van der Waals surface area contributed by atoms with Crippen molar-refractivity contribution in [3.05, 3.63) is 17.5 Å². The molecule has 1 N–H and O–H groups in total. The molecular formula is C18H27F3N4O3. The average molecular weight is 404 g/mol. The number of aliphatic hydroxyl groups excluding tert-OH is 1. The van der Waals surface area contributed by atoms with Gasteiger partial charge in [-0.1, -0.05) is 13.8 Å². The average Bonchev–Trinajstić information content (AvgIpc) is 2.58. The van der Waals surface area contributed by atoms with Crippen LogP contribution in [0.25, 0.3) is 0 Å². The minimum atomic E-state index is -4.69. The second-order valence-corrected chi connectivity index (χ2v) is 8.13. The van der Waals surface area contributed by atoms with Gasteiger partial charge in [-0.3, -0.25) is 0 Å². The third-order valence-corrected chi connectivity index (χ3v) is 4.39. The van der Waals surface area contributed by atoms with E-state index in [0.29, 0.717) is 6.54 Å². The standard InChI is InChI=1S/C18H27F3N4O3/c1-11(2)13-9-24(16(27)28-17(3,4)5)6-7-25(13)15-22-8-12(10-26)14(23-15)18(19,20)21/h8,11,13,26H,6-7,9-10H2,1-5H3. The number of hydrogen-bond donors (Lipinski definition) is 1. The topological polar surface area (TPSA) is 78.8 Å². The summed E-state index contributed by atoms with van der Waals surface area (Å²) in [6, 6.07) is -0.276. The summed E-state index contributed by atoms with van der Waals surface area (Å²) in [7, 11) is 0. The maximum Gasteiger partial charge on any atom is 0.433 e. The first-order chi connectivity index (χ1) is 12.8. The normalized spacial score (nSPS) is 18.6. The Morgan fingerprint density at radius 2 is 1.96 bits per heavy atom. The molecule has 0 radical (unpaired) electrons. The van der Waals surface area contributed by atoms with E-state index in [1.54, 1.807) is 30.6 Å². The summed E-state index contributed by atoms with van der Waals surface area (Å²) in [5.74, 6) is -0.0345. The van der Waals surface area contributed by atoms with Gasteiger partial charge in [-0.05, 0) is 26.7 Å². The predicted octanol–water partition coefficient (Wildman–Crippen LogP) is 3.07. The molecule has 0 saturated carbocycles. The highest BCUT2D eigenvalue weighted by Gasteiger charge is 2.39. The number of halogens is 3. The number of ether oxygens (including phenoxy) is 1. The van der Waals surface area contributed by atoms with E-state index in [4.69, 9.17) is 9.84 Å². The van der Waals surface area contributed by atoms with Crippen LogP contribution in [0.2, 0.25) is 0 Å². The van der Waals surface area contributed by atoms with Crippen LogP contribution in [0.15, 0.2) is 6.20 Å². The van der Waals surface area contributed by atoms with Gasteiger partial charge < -0.3 is 19.6 Å². The van der Waals surface area contributed by atoms with Gasteiger partial charge in [0.2, 0.25) is 5.95 Å². The summed E-state index contributed by atoms with van der Waals surface area (Å²) in [5.41, 5.74) is -2.14. The molecular weight excluding hydrogens is 377 g/mol. The van der Waals surface area contributed by atoms with Crippen molar-refractivity contribution < 1.29 is 27.8 Å². The highest BCUT2D eigenvalue weighted by molar-refractivity contribution is 5.68. The summed E-state index contributed by atoms with van der Waals surface area (Å²) in [5, 5.41) is 9.16. The Bertz CT molecular complexity index is 704. The number of carbonyl (C=O) groups excluding carboxylic acids is 1. The van der Waals surface area contributed by atoms with Crippen molar-refractivity contribution in [1.29, 1.82) is 0 Å². The van der Waals surface area contributed by atoms with Gasteiger partial charge in [0.25, 0.3) is 0 Å². The van der Waals surface area contributed by atoms with Crippen molar-refractivity contribution in [3.63, 3.8) is 0 Å². The maximum absolute atomic E-state index is 13.3. The molecule has 0 aliphatic carbocycles. The van der Waals surface area contributed by atoms with Crippen LogP contribution in [0.3, 0.4) is 0 Å². The van der Waals surface area contributed by atoms with Crippen molar-refractivity contribution in [2.24, 2.45) is 5.92 Å². The van der Waals surface area contributed by atoms with Crippen molar-refractivity contribution in [2.75, 3.05) is 24.5 Å². The molecule has 2 heterocycles. The number of aromatic nitrogens is 2. The number of aliphatic hydroxyl groups is 1. The number of anilines is 1. The van der Waals surface area contributed by atoms with Gasteiger partial charge in [0.15, 0.2) is 5.69 Å². The Kier molecular flexibility index (Phi) is 6.42. The van der Waals surface area contributed by atoms with Crippen molar-refractivity contribution in [1.82, 2.24) is 14.9 Å². The highest BCUT2D eigenvalue weighted by Crippen LogP contribution is 2.32. The van der Waals surface area contributed by atoms with Crippen LogP contribution in [-0.4, -0.2) is 57.3 Å². The van der Waals surface area contributed by atoms with Crippen molar-refractivity contribution in [3.8, 4) is 0 Å². The van der Waals surface area contributed by atoms with Crippen LogP contribution >= 0.6 is 0 Å². The third-order valence-electron chi connectivity index (χ3n) is 4.39. The monoisotopic (exact) mass is 404 g/mol. The number of amides is 1. The molecule has 2 rings (SSSR count). The zero-order valence-electron chi connectivity index (χ0n) is 16.7. The fraction of sp³-hybridized carbons (Fsp3) is 0.722. The van der Waals surface area contributed by atoms with Crippen LogP contribution < -0.4 is 4.90 Å². The number of alkyl halides is 3. The Morgan fingerprint density at radius 3 is 2.46 bits per heavy atom. The second kappa shape index (κ2) is 8.10. The third kappa shape index (κ3) is 5.24. The predicted molar refractivity (Wildman–Crippen MR) is 96.7 cm³/mol. The molecule has 0 spiro atoms. The van der Waals surface area contributed by atoms with E-state index < -0.39 is 30.2 Å². The van der Waals surface area contributed by atoms with Crippen LogP contribution in [0.1, 0.15) is 45.9 Å². The molecule has 1 atom stereocenters. The molecule has 1 fully saturated rings. The van der Waals surface area contributed by atoms with E-state index >= 15 is 0 Å². The number of hydrogen-bond acceptors (Lipinski definition) is 6. The smallest absolute Gasteiger partial charge is 0.433 e. The molecule has 158 valence electrons. The summed E-state index contributed by atoms with van der Waals surface area (Å²) < 4.78 is 45.2. The largest absolute Gasteiger partial charge is 0.444 e. The van der Waals surface area contributed by atoms with Gasteiger partial charge >= 0.3 is 12.3 Å². The maximum atomic E-state index is 13.3. The van der Waals surface area contributed by atoms with Gasteiger partial charge in [-0.2, -0.15) is 13.2 Å². The number of piperazine rings is 1. The van der Waals surface area contributed by atoms with Gasteiger partial charge in [-0.25, -0.2) is 14.8 Å². The number of carbonyl (C=O) groups is 1. The molecule has 1 aromatic rings. The summed E-state index contributed by atoms with van der Waals surface area (Å²) >= 11 is 0. The summed E-state index contributed by atoms with van der Waals surface area (Å²) in [6.45, 7) is 9.21. The number of rotatable bonds is 3. The van der Waals surface area contributed by atoms with Gasteiger partial charge in [0.05, 0.1) is 12.6 Å². The Labute approximate surface area is 162 Å². The van der Waals surface area contributed by atoms with E-state index in [1.165, 1.54) is 0 Å². The minimum Gasteiger partial charge on any atom is -0.444 e. The Balaban J connectivity index is 2.28.